The maximum Gasteiger partial charge on any atom is 0.416 e. The van der Waals surface area contributed by atoms with E-state index >= 15 is 0 Å². The Hall–Kier alpha value is -1.72. The highest BCUT2D eigenvalue weighted by Crippen LogP contribution is 2.30. The summed E-state index contributed by atoms with van der Waals surface area (Å²) < 4.78 is 36.8. The van der Waals surface area contributed by atoms with Crippen LogP contribution in [0, 0.1) is 0 Å². The minimum Gasteiger partial charge on any atom is -0.336 e. The molecule has 1 aromatic rings. The average molecular weight is 230 g/mol. The topological polar surface area (TPSA) is 41.1 Å². The maximum absolute atomic E-state index is 12.3. The molecule has 2 N–H and O–H groups in total. The van der Waals surface area contributed by atoms with Crippen LogP contribution in [-0.4, -0.2) is 12.6 Å². The van der Waals surface area contributed by atoms with Crippen molar-refractivity contribution in [1.29, 1.82) is 0 Å². The van der Waals surface area contributed by atoms with Gasteiger partial charge in [-0.25, -0.2) is 4.79 Å². The van der Waals surface area contributed by atoms with Gasteiger partial charge in [-0.15, -0.1) is 0 Å². The van der Waals surface area contributed by atoms with Gasteiger partial charge in [-0.2, -0.15) is 13.2 Å². The fourth-order valence-corrected chi connectivity index (χ4v) is 1.56. The van der Waals surface area contributed by atoms with Crippen LogP contribution in [0.4, 0.5) is 18.0 Å². The van der Waals surface area contributed by atoms with Crippen LogP contribution in [0.5, 0.6) is 0 Å². The van der Waals surface area contributed by atoms with Crippen molar-refractivity contribution in [1.82, 2.24) is 10.6 Å². The van der Waals surface area contributed by atoms with E-state index in [1.165, 1.54) is 12.1 Å². The van der Waals surface area contributed by atoms with Gasteiger partial charge in [-0.1, -0.05) is 12.1 Å². The molecule has 3 nitrogen and oxygen atoms in total. The second kappa shape index (κ2) is 3.70. The zero-order chi connectivity index (χ0) is 11.8. The number of nitrogens with one attached hydrogen (secondary N) is 2. The van der Waals surface area contributed by atoms with Gasteiger partial charge in [0, 0.05) is 6.54 Å². The van der Waals surface area contributed by atoms with Crippen LogP contribution in [0.15, 0.2) is 24.3 Å². The molecule has 86 valence electrons. The van der Waals surface area contributed by atoms with Crippen molar-refractivity contribution in [3.05, 3.63) is 35.4 Å². The number of hydrogen-bond donors (Lipinski definition) is 2. The van der Waals surface area contributed by atoms with E-state index < -0.39 is 11.7 Å². The van der Waals surface area contributed by atoms with Crippen LogP contribution in [0.2, 0.25) is 0 Å². The second-order valence-corrected chi connectivity index (χ2v) is 3.53. The standard InChI is InChI=1S/C10H9F3N2O/c11-10(12,13)7-3-1-6(2-4-7)8-5-14-9(16)15-8/h1-4,8H,5H2,(H2,14,15,16). The highest BCUT2D eigenvalue weighted by Gasteiger charge is 2.30. The minimum absolute atomic E-state index is 0.255. The number of urea groups is 1. The number of amides is 2. The molecule has 2 amide bonds. The molecule has 1 aliphatic heterocycles. The fraction of sp³-hybridized carbons (Fsp3) is 0.300. The van der Waals surface area contributed by atoms with Crippen LogP contribution in [-0.2, 0) is 6.18 Å². The van der Waals surface area contributed by atoms with Gasteiger partial charge in [-0.3, -0.25) is 0 Å². The van der Waals surface area contributed by atoms with Crippen molar-refractivity contribution in [2.24, 2.45) is 0 Å². The summed E-state index contributed by atoms with van der Waals surface area (Å²) in [5.41, 5.74) is -0.0279. The summed E-state index contributed by atoms with van der Waals surface area (Å²) in [5.74, 6) is 0. The van der Waals surface area contributed by atoms with Gasteiger partial charge >= 0.3 is 12.2 Å². The Morgan fingerprint density at radius 3 is 2.25 bits per heavy atom. The fourth-order valence-electron chi connectivity index (χ4n) is 1.56. The molecular formula is C10H9F3N2O. The molecule has 0 spiro atoms. The summed E-state index contributed by atoms with van der Waals surface area (Å²) in [4.78, 5) is 10.9. The van der Waals surface area contributed by atoms with Crippen LogP contribution in [0.3, 0.4) is 0 Å². The van der Waals surface area contributed by atoms with Crippen LogP contribution >= 0.6 is 0 Å². The molecule has 6 heteroatoms. The molecule has 1 heterocycles. The first-order valence-electron chi connectivity index (χ1n) is 4.68. The summed E-state index contributed by atoms with van der Waals surface area (Å²) in [7, 11) is 0. The highest BCUT2D eigenvalue weighted by molar-refractivity contribution is 5.76. The molecule has 1 atom stereocenters. The van der Waals surface area contributed by atoms with Gasteiger partial charge in [0.25, 0.3) is 0 Å². The minimum atomic E-state index is -4.32. The Morgan fingerprint density at radius 1 is 1.19 bits per heavy atom. The van der Waals surface area contributed by atoms with Gasteiger partial charge in [0.05, 0.1) is 11.6 Å². The maximum atomic E-state index is 12.3. The van der Waals surface area contributed by atoms with Crippen LogP contribution < -0.4 is 10.6 Å². The molecule has 0 bridgehead atoms. The zero-order valence-corrected chi connectivity index (χ0v) is 8.14. The summed E-state index contributed by atoms with van der Waals surface area (Å²) in [5, 5.41) is 5.14. The molecule has 1 saturated heterocycles. The first-order valence-corrected chi connectivity index (χ1v) is 4.68. The predicted molar refractivity (Wildman–Crippen MR) is 50.7 cm³/mol. The van der Waals surface area contributed by atoms with E-state index in [0.717, 1.165) is 12.1 Å². The lowest BCUT2D eigenvalue weighted by molar-refractivity contribution is -0.137. The third kappa shape index (κ3) is 2.10. The largest absolute Gasteiger partial charge is 0.416 e. The molecule has 1 fully saturated rings. The summed E-state index contributed by atoms with van der Waals surface area (Å²) in [6.07, 6.45) is -4.32. The lowest BCUT2D eigenvalue weighted by Gasteiger charge is -2.11. The molecule has 1 unspecified atom stereocenters. The second-order valence-electron chi connectivity index (χ2n) is 3.53. The normalized spacial score (nSPS) is 20.4. The molecular weight excluding hydrogens is 221 g/mol. The van der Waals surface area contributed by atoms with Crippen molar-refractivity contribution in [3.8, 4) is 0 Å². The molecule has 16 heavy (non-hydrogen) atoms. The summed E-state index contributed by atoms with van der Waals surface area (Å²) in [6, 6.07) is 4.22. The molecule has 0 aliphatic carbocycles. The average Bonchev–Trinajstić information content (AvgIpc) is 2.64. The Kier molecular flexibility index (Phi) is 2.49. The van der Waals surface area contributed by atoms with Gasteiger partial charge in [0.1, 0.15) is 0 Å². The lowest BCUT2D eigenvalue weighted by Crippen LogP contribution is -2.21. The molecule has 0 saturated carbocycles. The Morgan fingerprint density at radius 2 is 1.81 bits per heavy atom. The van der Waals surface area contributed by atoms with E-state index in [0.29, 0.717) is 12.1 Å². The zero-order valence-electron chi connectivity index (χ0n) is 8.14. The monoisotopic (exact) mass is 230 g/mol. The van der Waals surface area contributed by atoms with E-state index in [2.05, 4.69) is 10.6 Å². The lowest BCUT2D eigenvalue weighted by atomic mass is 10.1. The van der Waals surface area contributed by atoms with Crippen LogP contribution in [0.25, 0.3) is 0 Å². The number of rotatable bonds is 1. The molecule has 1 aliphatic rings. The SMILES string of the molecule is O=C1NCC(c2ccc(C(F)(F)F)cc2)N1. The van der Waals surface area contributed by atoms with Crippen LogP contribution in [0.1, 0.15) is 17.2 Å². The van der Waals surface area contributed by atoms with Gasteiger partial charge < -0.3 is 10.6 Å². The van der Waals surface area contributed by atoms with Crippen molar-refractivity contribution in [2.45, 2.75) is 12.2 Å². The van der Waals surface area contributed by atoms with Crippen molar-refractivity contribution < 1.29 is 18.0 Å². The highest BCUT2D eigenvalue weighted by atomic mass is 19.4. The molecule has 0 radical (unpaired) electrons. The van der Waals surface area contributed by atoms with Crippen molar-refractivity contribution in [2.75, 3.05) is 6.54 Å². The number of alkyl halides is 3. The van der Waals surface area contributed by atoms with E-state index in [9.17, 15) is 18.0 Å². The van der Waals surface area contributed by atoms with Gasteiger partial charge in [0.15, 0.2) is 0 Å². The van der Waals surface area contributed by atoms with E-state index in [1.807, 2.05) is 0 Å². The Bertz CT molecular complexity index is 400. The van der Waals surface area contributed by atoms with E-state index in [1.54, 1.807) is 0 Å². The first-order chi connectivity index (χ1) is 7.47. The third-order valence-corrected chi connectivity index (χ3v) is 2.41. The smallest absolute Gasteiger partial charge is 0.336 e. The molecule has 2 rings (SSSR count). The predicted octanol–water partition coefficient (Wildman–Crippen LogP) is 2.06. The van der Waals surface area contributed by atoms with Gasteiger partial charge in [-0.05, 0) is 17.7 Å². The van der Waals surface area contributed by atoms with Crippen molar-refractivity contribution >= 4 is 6.03 Å². The van der Waals surface area contributed by atoms with E-state index in [4.69, 9.17) is 0 Å². The first kappa shape index (κ1) is 10.8. The Labute approximate surface area is 89.6 Å². The number of halogens is 3. The number of carbonyl (C=O) groups is 1. The number of carbonyl (C=O) groups excluding carboxylic acids is 1. The van der Waals surface area contributed by atoms with Crippen molar-refractivity contribution in [3.63, 3.8) is 0 Å². The summed E-state index contributed by atoms with van der Waals surface area (Å²) >= 11 is 0. The Balaban J connectivity index is 2.17. The molecule has 0 aromatic heterocycles. The number of hydrogen-bond acceptors (Lipinski definition) is 1. The quantitative estimate of drug-likeness (QED) is 0.761. The summed E-state index contributed by atoms with van der Waals surface area (Å²) in [6.45, 7) is 0.393. The number of benzene rings is 1. The third-order valence-electron chi connectivity index (χ3n) is 2.41. The molecule has 1 aromatic carbocycles. The van der Waals surface area contributed by atoms with Gasteiger partial charge in [0.2, 0.25) is 0 Å². The van der Waals surface area contributed by atoms with E-state index in [-0.39, 0.29) is 12.1 Å².